The summed E-state index contributed by atoms with van der Waals surface area (Å²) in [6, 6.07) is 5.88. The molecule has 1 atom stereocenters. The molecule has 1 unspecified atom stereocenters. The van der Waals surface area contributed by atoms with Gasteiger partial charge in [-0.3, -0.25) is 9.89 Å². The summed E-state index contributed by atoms with van der Waals surface area (Å²) in [5.41, 5.74) is 3.26. The SMILES string of the molecule is CC1CC=CN2C(=N1)C(C1=CCN(C(=O)OC(C)(C)C)CC1)=Nc1ccc(Cl)cc12. The lowest BCUT2D eigenvalue weighted by Gasteiger charge is -2.33. The molecule has 7 heteroatoms. The molecule has 158 valence electrons. The number of carbonyl (C=O) groups excluding carboxylic acids is 1. The third-order valence-corrected chi connectivity index (χ3v) is 5.34. The van der Waals surface area contributed by atoms with E-state index in [9.17, 15) is 4.79 Å². The number of anilines is 1. The first-order valence-electron chi connectivity index (χ1n) is 10.3. The van der Waals surface area contributed by atoms with Crippen molar-refractivity contribution in [1.82, 2.24) is 4.90 Å². The third kappa shape index (κ3) is 4.29. The highest BCUT2D eigenvalue weighted by Crippen LogP contribution is 2.38. The van der Waals surface area contributed by atoms with Crippen LogP contribution in [0.1, 0.15) is 40.5 Å². The van der Waals surface area contributed by atoms with E-state index in [0.717, 1.165) is 34.9 Å². The number of hydrogen-bond acceptors (Lipinski definition) is 5. The Bertz CT molecular complexity index is 987. The summed E-state index contributed by atoms with van der Waals surface area (Å²) in [5, 5.41) is 0.669. The summed E-state index contributed by atoms with van der Waals surface area (Å²) < 4.78 is 5.51. The van der Waals surface area contributed by atoms with Crippen molar-refractivity contribution in [2.45, 2.75) is 52.2 Å². The molecule has 1 aromatic carbocycles. The molecule has 3 aliphatic rings. The average Bonchev–Trinajstić information content (AvgIpc) is 2.88. The largest absolute Gasteiger partial charge is 0.444 e. The minimum atomic E-state index is -0.502. The van der Waals surface area contributed by atoms with Gasteiger partial charge in [-0.05, 0) is 64.3 Å². The van der Waals surface area contributed by atoms with Crippen molar-refractivity contribution in [3.63, 3.8) is 0 Å². The van der Waals surface area contributed by atoms with Crippen LogP contribution in [-0.4, -0.2) is 47.3 Å². The van der Waals surface area contributed by atoms with Gasteiger partial charge in [0.25, 0.3) is 0 Å². The number of rotatable bonds is 1. The molecular weight excluding hydrogens is 400 g/mol. The van der Waals surface area contributed by atoms with E-state index >= 15 is 0 Å². The monoisotopic (exact) mass is 426 g/mol. The van der Waals surface area contributed by atoms with Crippen LogP contribution >= 0.6 is 11.6 Å². The highest BCUT2D eigenvalue weighted by Gasteiger charge is 2.31. The van der Waals surface area contributed by atoms with Crippen molar-refractivity contribution in [2.75, 3.05) is 18.0 Å². The Kier molecular flexibility index (Phi) is 5.45. The molecule has 0 aromatic heterocycles. The summed E-state index contributed by atoms with van der Waals surface area (Å²) >= 11 is 6.25. The highest BCUT2D eigenvalue weighted by atomic mass is 35.5. The maximum atomic E-state index is 12.4. The number of carbonyl (C=O) groups is 1. The fourth-order valence-corrected chi connectivity index (χ4v) is 3.84. The minimum absolute atomic E-state index is 0.162. The number of halogens is 1. The maximum Gasteiger partial charge on any atom is 0.410 e. The Morgan fingerprint density at radius 1 is 1.30 bits per heavy atom. The van der Waals surface area contributed by atoms with Crippen LogP contribution < -0.4 is 4.90 Å². The second-order valence-electron chi connectivity index (χ2n) is 8.79. The van der Waals surface area contributed by atoms with Crippen LogP contribution in [0.5, 0.6) is 0 Å². The predicted octanol–water partition coefficient (Wildman–Crippen LogP) is 5.50. The van der Waals surface area contributed by atoms with Crippen LogP contribution in [-0.2, 0) is 4.74 Å². The van der Waals surface area contributed by atoms with Crippen molar-refractivity contribution in [1.29, 1.82) is 0 Å². The molecule has 0 bridgehead atoms. The molecule has 1 aromatic rings. The van der Waals surface area contributed by atoms with Gasteiger partial charge in [-0.2, -0.15) is 0 Å². The van der Waals surface area contributed by atoms with Crippen LogP contribution in [0.3, 0.4) is 0 Å². The Balaban J connectivity index is 1.67. The molecule has 3 aliphatic heterocycles. The van der Waals surface area contributed by atoms with Gasteiger partial charge in [0.1, 0.15) is 11.3 Å². The Hall–Kier alpha value is -2.60. The van der Waals surface area contributed by atoms with Gasteiger partial charge in [0.15, 0.2) is 5.84 Å². The summed E-state index contributed by atoms with van der Waals surface area (Å²) in [6.07, 6.45) is 7.54. The predicted molar refractivity (Wildman–Crippen MR) is 122 cm³/mol. The quantitative estimate of drug-likeness (QED) is 0.595. The fraction of sp³-hybridized carbons (Fsp3) is 0.435. The number of aliphatic imine (C=N–C) groups is 2. The van der Waals surface area contributed by atoms with E-state index in [1.807, 2.05) is 39.0 Å². The molecule has 0 spiro atoms. The number of ether oxygens (including phenoxy) is 1. The van der Waals surface area contributed by atoms with Crippen LogP contribution in [0, 0.1) is 0 Å². The lowest BCUT2D eigenvalue weighted by atomic mass is 9.99. The van der Waals surface area contributed by atoms with E-state index < -0.39 is 5.60 Å². The maximum absolute atomic E-state index is 12.4. The lowest BCUT2D eigenvalue weighted by molar-refractivity contribution is 0.0267. The summed E-state index contributed by atoms with van der Waals surface area (Å²) in [6.45, 7) is 8.82. The number of amidine groups is 1. The third-order valence-electron chi connectivity index (χ3n) is 5.11. The van der Waals surface area contributed by atoms with Crippen molar-refractivity contribution in [3.05, 3.63) is 47.1 Å². The zero-order valence-electron chi connectivity index (χ0n) is 17.9. The van der Waals surface area contributed by atoms with Gasteiger partial charge in [0.05, 0.1) is 17.4 Å². The Morgan fingerprint density at radius 3 is 2.80 bits per heavy atom. The summed E-state index contributed by atoms with van der Waals surface area (Å²) in [5.74, 6) is 0.836. The minimum Gasteiger partial charge on any atom is -0.444 e. The molecule has 1 amide bonds. The van der Waals surface area contributed by atoms with Gasteiger partial charge in [-0.1, -0.05) is 23.8 Å². The molecule has 0 saturated heterocycles. The topological polar surface area (TPSA) is 57.5 Å². The van der Waals surface area contributed by atoms with Crippen molar-refractivity contribution in [2.24, 2.45) is 9.98 Å². The van der Waals surface area contributed by atoms with E-state index in [2.05, 4.69) is 30.2 Å². The number of fused-ring (bicyclic) bond motifs is 3. The van der Waals surface area contributed by atoms with Gasteiger partial charge in [0.2, 0.25) is 0 Å². The Labute approximate surface area is 182 Å². The first-order valence-corrected chi connectivity index (χ1v) is 10.7. The lowest BCUT2D eigenvalue weighted by Crippen LogP contribution is -2.42. The molecule has 0 radical (unpaired) electrons. The normalized spacial score (nSPS) is 21.1. The van der Waals surface area contributed by atoms with Gasteiger partial charge >= 0.3 is 6.09 Å². The highest BCUT2D eigenvalue weighted by molar-refractivity contribution is 6.53. The van der Waals surface area contributed by atoms with Crippen LogP contribution in [0.25, 0.3) is 0 Å². The summed E-state index contributed by atoms with van der Waals surface area (Å²) in [4.78, 5) is 26.1. The molecule has 6 nitrogen and oxygen atoms in total. The molecule has 0 fully saturated rings. The molecule has 30 heavy (non-hydrogen) atoms. The molecule has 0 N–H and O–H groups in total. The van der Waals surface area contributed by atoms with Crippen molar-refractivity contribution >= 4 is 40.6 Å². The molecule has 0 saturated carbocycles. The van der Waals surface area contributed by atoms with Gasteiger partial charge in [-0.25, -0.2) is 9.79 Å². The van der Waals surface area contributed by atoms with E-state index in [1.54, 1.807) is 4.90 Å². The first-order chi connectivity index (χ1) is 14.2. The molecular formula is C23H27ClN4O2. The number of benzene rings is 1. The van der Waals surface area contributed by atoms with Crippen LogP contribution in [0.2, 0.25) is 5.02 Å². The van der Waals surface area contributed by atoms with Gasteiger partial charge in [-0.15, -0.1) is 0 Å². The standard InChI is InChI=1S/C23H27ClN4O2/c1-15-6-5-11-28-19-14-17(24)7-8-18(19)26-20(21(28)25-15)16-9-12-27(13-10-16)22(29)30-23(2,3)4/h5,7-9,11,14-15H,6,10,12-13H2,1-4H3. The second kappa shape index (κ2) is 7.91. The zero-order chi connectivity index (χ0) is 21.5. The van der Waals surface area contributed by atoms with E-state index in [4.69, 9.17) is 26.3 Å². The first kappa shape index (κ1) is 20.7. The number of hydrogen-bond donors (Lipinski definition) is 0. The number of amides is 1. The van der Waals surface area contributed by atoms with Crippen molar-refractivity contribution < 1.29 is 9.53 Å². The molecule has 3 heterocycles. The van der Waals surface area contributed by atoms with Crippen molar-refractivity contribution in [3.8, 4) is 0 Å². The summed E-state index contributed by atoms with van der Waals surface area (Å²) in [7, 11) is 0. The van der Waals surface area contributed by atoms with E-state index in [1.165, 1.54) is 0 Å². The van der Waals surface area contributed by atoms with Crippen LogP contribution in [0.15, 0.2) is 52.1 Å². The smallest absolute Gasteiger partial charge is 0.410 e. The van der Waals surface area contributed by atoms with Crippen LogP contribution in [0.4, 0.5) is 16.2 Å². The Morgan fingerprint density at radius 2 is 2.10 bits per heavy atom. The van der Waals surface area contributed by atoms with E-state index in [-0.39, 0.29) is 12.1 Å². The average molecular weight is 427 g/mol. The van der Waals surface area contributed by atoms with Gasteiger partial charge in [0, 0.05) is 24.3 Å². The zero-order valence-corrected chi connectivity index (χ0v) is 18.6. The molecule has 4 rings (SSSR count). The fourth-order valence-electron chi connectivity index (χ4n) is 3.67. The number of nitrogens with zero attached hydrogens (tertiary/aromatic N) is 4. The molecule has 0 aliphatic carbocycles. The van der Waals surface area contributed by atoms with Gasteiger partial charge < -0.3 is 9.64 Å². The second-order valence-corrected chi connectivity index (χ2v) is 9.23. The van der Waals surface area contributed by atoms with E-state index in [0.29, 0.717) is 24.5 Å².